The Morgan fingerprint density at radius 3 is 2.36 bits per heavy atom. The van der Waals surface area contributed by atoms with Gasteiger partial charge in [0.1, 0.15) is 6.61 Å². The lowest BCUT2D eigenvalue weighted by atomic mass is 10.1. The highest BCUT2D eigenvalue weighted by molar-refractivity contribution is 5.76. The molecular formula is C17H18O5. The molecule has 1 N–H and O–H groups in total. The smallest absolute Gasteiger partial charge is 0.339 e. The Labute approximate surface area is 129 Å². The summed E-state index contributed by atoms with van der Waals surface area (Å²) in [5.74, 6) is 0.252. The molecule has 0 aromatic heterocycles. The number of esters is 1. The van der Waals surface area contributed by atoms with Gasteiger partial charge < -0.3 is 19.3 Å². The number of aliphatic hydroxyl groups excluding tert-OH is 1. The molecule has 0 radical (unpaired) electrons. The zero-order valence-corrected chi connectivity index (χ0v) is 12.5. The fraction of sp³-hybridized carbons (Fsp3) is 0.235. The molecule has 0 amide bonds. The molecule has 0 unspecified atom stereocenters. The summed E-state index contributed by atoms with van der Waals surface area (Å²) in [4.78, 5) is 11.9. The molecule has 5 heteroatoms. The Bertz CT molecular complexity index is 624. The van der Waals surface area contributed by atoms with E-state index < -0.39 is 12.1 Å². The standard InChI is InChI=1S/C17H18O5/c1-20-14-9-8-13(10-15(14)21-2)16(18)17(19)22-11-12-6-4-3-5-7-12/h3-10,16,18H,11H2,1-2H3/t16-/m1/s1. The van der Waals surface area contributed by atoms with Gasteiger partial charge in [0.25, 0.3) is 0 Å². The van der Waals surface area contributed by atoms with Gasteiger partial charge in [-0.2, -0.15) is 0 Å². The first kappa shape index (κ1) is 15.9. The second-order valence-corrected chi connectivity index (χ2v) is 4.61. The molecule has 0 heterocycles. The molecule has 0 aliphatic carbocycles. The second kappa shape index (κ2) is 7.47. The van der Waals surface area contributed by atoms with Crippen LogP contribution in [0.25, 0.3) is 0 Å². The summed E-state index contributed by atoms with van der Waals surface area (Å²) < 4.78 is 15.4. The minimum Gasteiger partial charge on any atom is -0.493 e. The lowest BCUT2D eigenvalue weighted by Crippen LogP contribution is -2.15. The van der Waals surface area contributed by atoms with Crippen LogP contribution >= 0.6 is 0 Å². The van der Waals surface area contributed by atoms with E-state index in [4.69, 9.17) is 14.2 Å². The van der Waals surface area contributed by atoms with Crippen LogP contribution in [-0.2, 0) is 16.1 Å². The van der Waals surface area contributed by atoms with Crippen molar-refractivity contribution in [3.8, 4) is 11.5 Å². The van der Waals surface area contributed by atoms with Crippen LogP contribution in [0.3, 0.4) is 0 Å². The predicted octanol–water partition coefficient (Wildman–Crippen LogP) is 2.48. The Morgan fingerprint density at radius 2 is 1.73 bits per heavy atom. The van der Waals surface area contributed by atoms with Crippen LogP contribution < -0.4 is 9.47 Å². The van der Waals surface area contributed by atoms with Crippen molar-refractivity contribution in [1.29, 1.82) is 0 Å². The summed E-state index contributed by atoms with van der Waals surface area (Å²) in [6, 6.07) is 14.0. The zero-order valence-electron chi connectivity index (χ0n) is 12.5. The van der Waals surface area contributed by atoms with Crippen LogP contribution in [0.1, 0.15) is 17.2 Å². The average Bonchev–Trinajstić information content (AvgIpc) is 2.59. The Kier molecular flexibility index (Phi) is 5.38. The van der Waals surface area contributed by atoms with Gasteiger partial charge in [-0.25, -0.2) is 4.79 Å². The molecule has 0 saturated carbocycles. The summed E-state index contributed by atoms with van der Waals surface area (Å²) in [6.45, 7) is 0.115. The summed E-state index contributed by atoms with van der Waals surface area (Å²) >= 11 is 0. The molecule has 2 rings (SSSR count). The lowest BCUT2D eigenvalue weighted by Gasteiger charge is -2.13. The topological polar surface area (TPSA) is 65.0 Å². The van der Waals surface area contributed by atoms with Crippen LogP contribution in [0, 0.1) is 0 Å². The highest BCUT2D eigenvalue weighted by atomic mass is 16.5. The SMILES string of the molecule is COc1ccc([C@@H](O)C(=O)OCc2ccccc2)cc1OC. The van der Waals surface area contributed by atoms with E-state index in [1.54, 1.807) is 18.2 Å². The summed E-state index contributed by atoms with van der Waals surface area (Å²) in [5.41, 5.74) is 1.24. The maximum atomic E-state index is 11.9. The van der Waals surface area contributed by atoms with Crippen molar-refractivity contribution in [2.75, 3.05) is 14.2 Å². The van der Waals surface area contributed by atoms with Gasteiger partial charge in [-0.15, -0.1) is 0 Å². The maximum Gasteiger partial charge on any atom is 0.339 e. The number of hydrogen-bond acceptors (Lipinski definition) is 5. The molecule has 2 aromatic rings. The van der Waals surface area contributed by atoms with E-state index >= 15 is 0 Å². The first-order valence-corrected chi connectivity index (χ1v) is 6.76. The largest absolute Gasteiger partial charge is 0.493 e. The van der Waals surface area contributed by atoms with Crippen LogP contribution in [0.15, 0.2) is 48.5 Å². The maximum absolute atomic E-state index is 11.9. The number of ether oxygens (including phenoxy) is 3. The van der Waals surface area contributed by atoms with E-state index in [9.17, 15) is 9.90 Å². The molecule has 0 aliphatic heterocycles. The van der Waals surface area contributed by atoms with Gasteiger partial charge in [-0.1, -0.05) is 36.4 Å². The third-order valence-electron chi connectivity index (χ3n) is 3.17. The molecule has 22 heavy (non-hydrogen) atoms. The fourth-order valence-corrected chi connectivity index (χ4v) is 1.97. The molecule has 0 bridgehead atoms. The van der Waals surface area contributed by atoms with Crippen molar-refractivity contribution in [2.45, 2.75) is 12.7 Å². The molecular weight excluding hydrogens is 284 g/mol. The van der Waals surface area contributed by atoms with Crippen LogP contribution in [0.2, 0.25) is 0 Å². The highest BCUT2D eigenvalue weighted by Gasteiger charge is 2.20. The van der Waals surface area contributed by atoms with E-state index in [0.29, 0.717) is 17.1 Å². The minimum atomic E-state index is -1.37. The number of carbonyl (C=O) groups excluding carboxylic acids is 1. The number of hydrogen-bond donors (Lipinski definition) is 1. The number of benzene rings is 2. The van der Waals surface area contributed by atoms with Gasteiger partial charge in [-0.3, -0.25) is 0 Å². The third-order valence-corrected chi connectivity index (χ3v) is 3.17. The van der Waals surface area contributed by atoms with Gasteiger partial charge >= 0.3 is 5.97 Å². The third kappa shape index (κ3) is 3.77. The average molecular weight is 302 g/mol. The van der Waals surface area contributed by atoms with E-state index in [1.807, 2.05) is 30.3 Å². The van der Waals surface area contributed by atoms with Crippen molar-refractivity contribution in [1.82, 2.24) is 0 Å². The van der Waals surface area contributed by atoms with E-state index in [-0.39, 0.29) is 6.61 Å². The van der Waals surface area contributed by atoms with Crippen molar-refractivity contribution in [2.24, 2.45) is 0 Å². The molecule has 2 aromatic carbocycles. The summed E-state index contributed by atoms with van der Waals surface area (Å²) in [5, 5.41) is 10.1. The molecule has 1 atom stereocenters. The monoisotopic (exact) mass is 302 g/mol. The molecule has 0 aliphatic rings. The first-order chi connectivity index (χ1) is 10.7. The highest BCUT2D eigenvalue weighted by Crippen LogP contribution is 2.30. The predicted molar refractivity (Wildman–Crippen MR) is 80.7 cm³/mol. The number of carbonyl (C=O) groups is 1. The van der Waals surface area contributed by atoms with Crippen molar-refractivity contribution >= 4 is 5.97 Å². The first-order valence-electron chi connectivity index (χ1n) is 6.76. The summed E-state index contributed by atoms with van der Waals surface area (Å²) in [6.07, 6.45) is -1.37. The van der Waals surface area contributed by atoms with E-state index in [2.05, 4.69) is 0 Å². The van der Waals surface area contributed by atoms with Gasteiger partial charge in [0, 0.05) is 0 Å². The van der Waals surface area contributed by atoms with Crippen LogP contribution in [-0.4, -0.2) is 25.3 Å². The molecule has 0 saturated heterocycles. The van der Waals surface area contributed by atoms with Crippen molar-refractivity contribution in [3.05, 3.63) is 59.7 Å². The Hall–Kier alpha value is -2.53. The van der Waals surface area contributed by atoms with E-state index in [1.165, 1.54) is 14.2 Å². The lowest BCUT2D eigenvalue weighted by molar-refractivity contribution is -0.155. The zero-order chi connectivity index (χ0) is 15.9. The fourth-order valence-electron chi connectivity index (χ4n) is 1.97. The van der Waals surface area contributed by atoms with Crippen LogP contribution in [0.4, 0.5) is 0 Å². The van der Waals surface area contributed by atoms with Gasteiger partial charge in [-0.05, 0) is 23.3 Å². The van der Waals surface area contributed by atoms with Gasteiger partial charge in [0.05, 0.1) is 14.2 Å². The van der Waals surface area contributed by atoms with Gasteiger partial charge in [0.2, 0.25) is 0 Å². The quantitative estimate of drug-likeness (QED) is 0.830. The van der Waals surface area contributed by atoms with Crippen molar-refractivity contribution in [3.63, 3.8) is 0 Å². The number of rotatable bonds is 6. The number of methoxy groups -OCH3 is 2. The molecule has 0 fully saturated rings. The van der Waals surface area contributed by atoms with Gasteiger partial charge in [0.15, 0.2) is 17.6 Å². The number of aliphatic hydroxyl groups is 1. The van der Waals surface area contributed by atoms with Crippen LogP contribution in [0.5, 0.6) is 11.5 Å². The molecule has 5 nitrogen and oxygen atoms in total. The molecule has 116 valence electrons. The normalized spacial score (nSPS) is 11.6. The molecule has 0 spiro atoms. The van der Waals surface area contributed by atoms with E-state index in [0.717, 1.165) is 5.56 Å². The second-order valence-electron chi connectivity index (χ2n) is 4.61. The minimum absolute atomic E-state index is 0.115. The summed E-state index contributed by atoms with van der Waals surface area (Å²) in [7, 11) is 3.00. The Morgan fingerprint density at radius 1 is 1.05 bits per heavy atom. The van der Waals surface area contributed by atoms with Crippen molar-refractivity contribution < 1.29 is 24.1 Å². The Balaban J connectivity index is 2.04.